The summed E-state index contributed by atoms with van der Waals surface area (Å²) < 4.78 is 38.9. The Bertz CT molecular complexity index is 4320. The normalized spacial score (nSPS) is 16.6. The molecule has 6 aromatic rings. The summed E-state index contributed by atoms with van der Waals surface area (Å²) in [6.45, 7) is 50.0. The van der Waals surface area contributed by atoms with Crippen molar-refractivity contribution in [3.05, 3.63) is 167 Å². The molecule has 2 aromatic heterocycles. The molecule has 3 fully saturated rings. The third-order valence-corrected chi connectivity index (χ3v) is 23.9. The van der Waals surface area contributed by atoms with Crippen LogP contribution in [0.25, 0.3) is 0 Å². The van der Waals surface area contributed by atoms with E-state index in [2.05, 4.69) is 256 Å². The van der Waals surface area contributed by atoms with Gasteiger partial charge < -0.3 is 28.4 Å². The summed E-state index contributed by atoms with van der Waals surface area (Å²) in [7, 11) is 0. The number of hydrogen-bond acceptors (Lipinski definition) is 13. The second-order valence-corrected chi connectivity index (χ2v) is 38.1. The zero-order valence-electron chi connectivity index (χ0n) is 85.1. The maximum Gasteiger partial charge on any atom is 0.148 e. The lowest BCUT2D eigenvalue weighted by molar-refractivity contribution is -0.125. The summed E-state index contributed by atoms with van der Waals surface area (Å²) >= 11 is 0. The van der Waals surface area contributed by atoms with Crippen LogP contribution in [-0.4, -0.2) is 127 Å². The number of ketones is 3. The van der Waals surface area contributed by atoms with E-state index in [9.17, 15) is 14.4 Å². The maximum absolute atomic E-state index is 13.8. The van der Waals surface area contributed by atoms with Crippen molar-refractivity contribution in [1.82, 2.24) is 30.0 Å². The van der Waals surface area contributed by atoms with Crippen molar-refractivity contribution in [3.63, 3.8) is 0 Å². The zero-order valence-corrected chi connectivity index (χ0v) is 85.1. The number of ether oxygens (including phenoxy) is 6. The molecule has 3 aliphatic rings. The Morgan fingerprint density at radius 2 is 0.765 bits per heavy atom. The third-order valence-electron chi connectivity index (χ3n) is 23.9. The van der Waals surface area contributed by atoms with E-state index in [4.69, 9.17) is 28.4 Å². The van der Waals surface area contributed by atoms with Gasteiger partial charge in [-0.1, -0.05) is 292 Å². The Kier molecular flexibility index (Phi) is 63.7. The highest BCUT2D eigenvalue weighted by Gasteiger charge is 2.44. The Balaban J connectivity index is 0.000000344. The van der Waals surface area contributed by atoms with E-state index in [1.54, 1.807) is 0 Å². The van der Waals surface area contributed by atoms with Crippen molar-refractivity contribution in [2.24, 2.45) is 71.0 Å². The molecule has 724 valence electrons. The van der Waals surface area contributed by atoms with Gasteiger partial charge in [0.25, 0.3) is 0 Å². The number of carbonyl (C=O) groups is 3. The van der Waals surface area contributed by atoms with Gasteiger partial charge in [-0.05, 0) is 238 Å². The molecular formula is C117H172N6O9. The number of nitrogens with zero attached hydrogens (tertiary/aromatic N) is 6. The minimum Gasteiger partial charge on any atom is -0.381 e. The summed E-state index contributed by atoms with van der Waals surface area (Å²) in [6.07, 6.45) is 31.4. The van der Waals surface area contributed by atoms with Crippen LogP contribution in [0.4, 0.5) is 0 Å². The molecule has 0 amide bonds. The maximum atomic E-state index is 13.8. The van der Waals surface area contributed by atoms with Gasteiger partial charge in [-0.25, -0.2) is 9.36 Å². The first-order valence-electron chi connectivity index (χ1n) is 50.9. The number of rotatable bonds is 47. The van der Waals surface area contributed by atoms with Crippen LogP contribution in [0, 0.1) is 142 Å². The lowest BCUT2D eigenvalue weighted by Crippen LogP contribution is -2.42. The SMILES string of the molecule is CCC#CC#CCC(C)C.CCC#CC#CCCC(=O)C(c1ccccc1)C(C)C.CCC#CC#CCCC(=O)CC(C)C.CCCOCC1CCC(COCCCC(=O)C(c2ccccc2)(c2ccccc2)C(C)C)CC1.CCCOCC1CCC(COCCn2cc(C(c3ccccc3)C(C)C)nn2)CC1.CCCOCC1CCC(COCCn2cc(CC(C)C)nn2)CC1. The van der Waals surface area contributed by atoms with Crippen LogP contribution in [0.5, 0.6) is 0 Å². The van der Waals surface area contributed by atoms with E-state index in [0.717, 1.165) is 189 Å². The van der Waals surface area contributed by atoms with E-state index in [0.29, 0.717) is 98.9 Å². The molecule has 2 heterocycles. The molecule has 2 unspecified atom stereocenters. The first-order valence-corrected chi connectivity index (χ1v) is 50.9. The fourth-order valence-corrected chi connectivity index (χ4v) is 17.1. The van der Waals surface area contributed by atoms with Crippen LogP contribution in [0.15, 0.2) is 134 Å². The minimum absolute atomic E-state index is 0.0280. The van der Waals surface area contributed by atoms with E-state index in [-0.39, 0.29) is 29.3 Å². The monoisotopic (exact) mass is 1810 g/mol. The van der Waals surface area contributed by atoms with Crippen LogP contribution in [0.1, 0.15) is 337 Å². The molecular weight excluding hydrogens is 1630 g/mol. The number of Topliss-reactive ketones (excluding diaryl/α,β-unsaturated/α-hetero) is 3. The van der Waals surface area contributed by atoms with E-state index >= 15 is 0 Å². The highest BCUT2D eigenvalue weighted by Crippen LogP contribution is 2.42. The van der Waals surface area contributed by atoms with Gasteiger partial charge in [-0.3, -0.25) is 14.4 Å². The molecule has 0 bridgehead atoms. The quantitative estimate of drug-likeness (QED) is 0.0262. The number of aromatic nitrogens is 6. The van der Waals surface area contributed by atoms with E-state index < -0.39 is 5.41 Å². The molecule has 3 saturated carbocycles. The molecule has 4 aromatic carbocycles. The fraction of sp³-hybridized carbons (Fsp3) is 0.632. The van der Waals surface area contributed by atoms with Crippen LogP contribution in [0.2, 0.25) is 0 Å². The summed E-state index contributed by atoms with van der Waals surface area (Å²) in [5, 5.41) is 17.2. The van der Waals surface area contributed by atoms with Gasteiger partial charge in [0, 0.05) is 155 Å². The Hall–Kier alpha value is -8.71. The van der Waals surface area contributed by atoms with E-state index in [1.165, 1.54) is 82.6 Å². The Labute approximate surface area is 802 Å². The topological polar surface area (TPSA) is 168 Å². The van der Waals surface area contributed by atoms with Crippen LogP contribution < -0.4 is 0 Å². The molecule has 9 rings (SSSR count). The largest absolute Gasteiger partial charge is 0.381 e. The van der Waals surface area contributed by atoms with Gasteiger partial charge in [0.05, 0.1) is 43.1 Å². The Morgan fingerprint density at radius 3 is 1.14 bits per heavy atom. The van der Waals surface area contributed by atoms with Gasteiger partial charge in [0.2, 0.25) is 0 Å². The molecule has 15 nitrogen and oxygen atoms in total. The van der Waals surface area contributed by atoms with Crippen molar-refractivity contribution in [2.75, 3.05) is 79.3 Å². The van der Waals surface area contributed by atoms with Crippen LogP contribution in [-0.2, 0) is 67.7 Å². The molecule has 0 saturated heterocycles. The molecule has 132 heavy (non-hydrogen) atoms. The minimum atomic E-state index is -0.624. The van der Waals surface area contributed by atoms with Crippen molar-refractivity contribution in [3.8, 4) is 71.0 Å². The van der Waals surface area contributed by atoms with Crippen LogP contribution in [0.3, 0.4) is 0 Å². The van der Waals surface area contributed by atoms with Crippen LogP contribution >= 0.6 is 0 Å². The van der Waals surface area contributed by atoms with Gasteiger partial charge >= 0.3 is 0 Å². The lowest BCUT2D eigenvalue weighted by Gasteiger charge is -2.37. The first kappa shape index (κ1) is 116. The molecule has 0 radical (unpaired) electrons. The highest BCUT2D eigenvalue weighted by atomic mass is 16.5. The van der Waals surface area contributed by atoms with E-state index in [1.807, 2.05) is 103 Å². The number of carbonyl (C=O) groups excluding carboxylic acids is 3. The molecule has 2 atom stereocenters. The van der Waals surface area contributed by atoms with Crippen molar-refractivity contribution in [2.45, 2.75) is 328 Å². The van der Waals surface area contributed by atoms with Gasteiger partial charge in [0.15, 0.2) is 0 Å². The zero-order chi connectivity index (χ0) is 96.0. The summed E-state index contributed by atoms with van der Waals surface area (Å²) in [5.74, 6) is 42.2. The molecule has 0 aliphatic heterocycles. The van der Waals surface area contributed by atoms with Gasteiger partial charge in [-0.2, -0.15) is 0 Å². The molecule has 15 heteroatoms. The summed E-state index contributed by atoms with van der Waals surface area (Å²) in [6, 6.07) is 41.2. The molecule has 0 N–H and O–H groups in total. The first-order chi connectivity index (χ1) is 64.0. The molecule has 0 spiro atoms. The standard InChI is InChI=1S/C31H44O3.C25H39N3O2.C19H35N3O2.C19H22O.C13H18O.C10H14/c1-4-21-33-23-26-17-19-27(20-18-26)24-34-22-11-16-30(32)31(25(2)3,28-12-7-5-8-13-28)29-14-9-6-10-15-29;1-4-15-29-18-21-10-12-22(13-11-21)19-30-16-14-28-17-24(26-27-28)25(20(2)3)23-8-6-5-7-9-23;1-4-10-23-14-17-5-7-18(8-6-17)15-24-11-9-22-13-19(20-21-22)12-16(2)3;1-4-5-6-7-8-12-15-18(20)19(16(2)3)17-13-10-9-11-14-17;1-4-5-6-7-8-9-10-13(14)11-12(2)3;1-4-5-6-7-8-9-10(2)3/h5-10,12-15,25-27H,4,11,16-24H2,1-3H3;5-9,17,20-22,25H,4,10-16,18-19H2,1-3H3;13,16-18H,4-12,14-15H2,1-3H3;9-11,13-14,16,19H,4,12,15H2,1-3H3;12H,4,9-11H2,1-3H3;10H,4,9H2,1-3H3. The lowest BCUT2D eigenvalue weighted by atomic mass is 9.63. The Morgan fingerprint density at radius 1 is 0.394 bits per heavy atom. The predicted molar refractivity (Wildman–Crippen MR) is 546 cm³/mol. The number of benzene rings is 4. The fourth-order valence-electron chi connectivity index (χ4n) is 17.1. The predicted octanol–water partition coefficient (Wildman–Crippen LogP) is 25.7. The summed E-state index contributed by atoms with van der Waals surface area (Å²) in [5.41, 5.74) is 6.07. The third kappa shape index (κ3) is 50.0. The molecule has 3 aliphatic carbocycles. The van der Waals surface area contributed by atoms with Gasteiger partial charge in [-0.15, -0.1) is 10.2 Å². The highest BCUT2D eigenvalue weighted by molar-refractivity contribution is 5.94. The average molecular weight is 1810 g/mol. The van der Waals surface area contributed by atoms with Crippen molar-refractivity contribution >= 4 is 17.3 Å². The second-order valence-electron chi connectivity index (χ2n) is 38.1. The number of hydrogen-bond donors (Lipinski definition) is 0. The summed E-state index contributed by atoms with van der Waals surface area (Å²) in [4.78, 5) is 37.5. The van der Waals surface area contributed by atoms with Crippen molar-refractivity contribution < 1.29 is 42.8 Å². The second kappa shape index (κ2) is 72.7. The van der Waals surface area contributed by atoms with Crippen molar-refractivity contribution in [1.29, 1.82) is 0 Å². The van der Waals surface area contributed by atoms with Gasteiger partial charge in [0.1, 0.15) is 17.3 Å². The smallest absolute Gasteiger partial charge is 0.148 e. The average Bonchev–Trinajstić information content (AvgIpc) is 0.824.